The first-order valence-corrected chi connectivity index (χ1v) is 13.1. The second-order valence-electron chi connectivity index (χ2n) is 9.97. The van der Waals surface area contributed by atoms with Gasteiger partial charge in [-0.1, -0.05) is 77.6 Å². The van der Waals surface area contributed by atoms with Crippen molar-refractivity contribution in [1.82, 2.24) is 0 Å². The molecule has 0 spiro atoms. The highest BCUT2D eigenvalue weighted by Crippen LogP contribution is 2.29. The fraction of sp³-hybridized carbons (Fsp3) is 0.885. The molecular weight excluding hydrogens is 440 g/mol. The third-order valence-corrected chi connectivity index (χ3v) is 5.89. The van der Waals surface area contributed by atoms with Crippen molar-refractivity contribution in [2.24, 2.45) is 0 Å². The minimum atomic E-state index is -1.38. The lowest BCUT2D eigenvalue weighted by atomic mass is 10.0. The fourth-order valence-corrected chi connectivity index (χ4v) is 3.88. The van der Waals surface area contributed by atoms with Gasteiger partial charge in [0.15, 0.2) is 11.9 Å². The molecule has 0 fully saturated rings. The van der Waals surface area contributed by atoms with E-state index < -0.39 is 36.5 Å². The molecule has 200 valence electrons. The molecule has 34 heavy (non-hydrogen) atoms. The van der Waals surface area contributed by atoms with Crippen LogP contribution in [0.1, 0.15) is 104 Å². The first-order chi connectivity index (χ1) is 16.2. The molecule has 0 aromatic rings. The standard InChI is InChI=1S/C26H48O8/c1-4-5-6-7-8-9-10-11-12-13-14-15-16-20(17-27)33-24-23(32-19-26(2,3)31)22(21(29)18-28)34-25(24)30/h20-22,27-29,31H,4-19H2,1-3H3/t20?,21-,22+/m0/s1. The molecule has 1 heterocycles. The number of aliphatic hydroxyl groups excluding tert-OH is 3. The maximum atomic E-state index is 12.3. The molecule has 0 aromatic carbocycles. The van der Waals surface area contributed by atoms with Gasteiger partial charge in [-0.05, 0) is 26.7 Å². The van der Waals surface area contributed by atoms with Crippen LogP contribution >= 0.6 is 0 Å². The van der Waals surface area contributed by atoms with Gasteiger partial charge in [-0.3, -0.25) is 0 Å². The van der Waals surface area contributed by atoms with Crippen LogP contribution in [0.5, 0.6) is 0 Å². The molecule has 1 aliphatic heterocycles. The summed E-state index contributed by atoms with van der Waals surface area (Å²) in [6, 6.07) is 0. The third-order valence-electron chi connectivity index (χ3n) is 5.89. The van der Waals surface area contributed by atoms with Crippen LogP contribution in [-0.4, -0.2) is 70.1 Å². The number of aliphatic hydroxyl groups is 4. The lowest BCUT2D eigenvalue weighted by Gasteiger charge is -2.23. The number of hydrogen-bond acceptors (Lipinski definition) is 8. The third kappa shape index (κ3) is 12.4. The molecule has 0 bridgehead atoms. The van der Waals surface area contributed by atoms with Gasteiger partial charge in [0.2, 0.25) is 5.76 Å². The summed E-state index contributed by atoms with van der Waals surface area (Å²) in [5, 5.41) is 39.0. The highest BCUT2D eigenvalue weighted by molar-refractivity contribution is 5.89. The maximum absolute atomic E-state index is 12.3. The molecule has 0 aromatic heterocycles. The molecular formula is C26H48O8. The molecule has 0 saturated heterocycles. The van der Waals surface area contributed by atoms with Gasteiger partial charge in [-0.15, -0.1) is 0 Å². The monoisotopic (exact) mass is 488 g/mol. The van der Waals surface area contributed by atoms with Crippen LogP contribution in [0.3, 0.4) is 0 Å². The molecule has 0 radical (unpaired) electrons. The van der Waals surface area contributed by atoms with E-state index in [9.17, 15) is 25.2 Å². The van der Waals surface area contributed by atoms with Gasteiger partial charge in [0.1, 0.15) is 18.8 Å². The van der Waals surface area contributed by atoms with Crippen molar-refractivity contribution >= 4 is 5.97 Å². The van der Waals surface area contributed by atoms with E-state index in [-0.39, 0.29) is 24.7 Å². The van der Waals surface area contributed by atoms with Crippen molar-refractivity contribution in [3.63, 3.8) is 0 Å². The Morgan fingerprint density at radius 3 is 1.91 bits per heavy atom. The number of carbonyl (C=O) groups excluding carboxylic acids is 1. The number of rotatable bonds is 21. The van der Waals surface area contributed by atoms with Gasteiger partial charge in [0, 0.05) is 0 Å². The van der Waals surface area contributed by atoms with Gasteiger partial charge < -0.3 is 34.6 Å². The molecule has 8 nitrogen and oxygen atoms in total. The lowest BCUT2D eigenvalue weighted by molar-refractivity contribution is -0.150. The quantitative estimate of drug-likeness (QED) is 0.142. The van der Waals surface area contributed by atoms with Crippen LogP contribution in [0.2, 0.25) is 0 Å². The Balaban J connectivity index is 2.43. The second-order valence-corrected chi connectivity index (χ2v) is 9.97. The largest absolute Gasteiger partial charge is 0.487 e. The van der Waals surface area contributed by atoms with Crippen LogP contribution < -0.4 is 0 Å². The first-order valence-electron chi connectivity index (χ1n) is 13.1. The van der Waals surface area contributed by atoms with Crippen molar-refractivity contribution in [3.8, 4) is 0 Å². The van der Waals surface area contributed by atoms with E-state index in [1.165, 1.54) is 71.6 Å². The number of hydrogen-bond donors (Lipinski definition) is 4. The summed E-state index contributed by atoms with van der Waals surface area (Å²) in [7, 11) is 0. The van der Waals surface area contributed by atoms with Crippen molar-refractivity contribution in [2.75, 3.05) is 19.8 Å². The van der Waals surface area contributed by atoms with Gasteiger partial charge in [0.25, 0.3) is 0 Å². The van der Waals surface area contributed by atoms with Crippen LogP contribution in [-0.2, 0) is 19.0 Å². The maximum Gasteiger partial charge on any atom is 0.378 e. The van der Waals surface area contributed by atoms with Crippen LogP contribution in [0.25, 0.3) is 0 Å². The molecule has 4 N–H and O–H groups in total. The van der Waals surface area contributed by atoms with Crippen molar-refractivity contribution in [2.45, 2.75) is 128 Å². The minimum absolute atomic E-state index is 0.0678. The second kappa shape index (κ2) is 17.1. The summed E-state index contributed by atoms with van der Waals surface area (Å²) in [4.78, 5) is 12.3. The molecule has 0 aliphatic carbocycles. The minimum Gasteiger partial charge on any atom is -0.487 e. The van der Waals surface area contributed by atoms with E-state index in [1.807, 2.05) is 0 Å². The Hall–Kier alpha value is -1.35. The highest BCUT2D eigenvalue weighted by atomic mass is 16.6. The number of cyclic esters (lactones) is 1. The molecule has 1 rings (SSSR count). The van der Waals surface area contributed by atoms with E-state index in [4.69, 9.17) is 14.2 Å². The van der Waals surface area contributed by atoms with Crippen LogP contribution in [0.4, 0.5) is 0 Å². The van der Waals surface area contributed by atoms with E-state index in [2.05, 4.69) is 6.92 Å². The van der Waals surface area contributed by atoms with E-state index in [1.54, 1.807) is 0 Å². The summed E-state index contributed by atoms with van der Waals surface area (Å²) >= 11 is 0. The lowest BCUT2D eigenvalue weighted by Crippen LogP contribution is -2.34. The average molecular weight is 489 g/mol. The first kappa shape index (κ1) is 30.7. The van der Waals surface area contributed by atoms with E-state index >= 15 is 0 Å². The number of esters is 1. The van der Waals surface area contributed by atoms with Gasteiger partial charge in [0.05, 0.1) is 18.8 Å². The van der Waals surface area contributed by atoms with Gasteiger partial charge in [-0.25, -0.2) is 4.79 Å². The zero-order valence-electron chi connectivity index (χ0n) is 21.5. The average Bonchev–Trinajstić information content (AvgIpc) is 3.11. The number of ether oxygens (including phenoxy) is 3. The van der Waals surface area contributed by atoms with Gasteiger partial charge >= 0.3 is 5.97 Å². The Kier molecular flexibility index (Phi) is 15.5. The summed E-state index contributed by atoms with van der Waals surface area (Å²) in [6.07, 6.45) is 12.1. The zero-order valence-corrected chi connectivity index (χ0v) is 21.5. The predicted molar refractivity (Wildman–Crippen MR) is 130 cm³/mol. The predicted octanol–water partition coefficient (Wildman–Crippen LogP) is 3.73. The number of carbonyl (C=O) groups is 1. The summed E-state index contributed by atoms with van der Waals surface area (Å²) in [5.74, 6) is -1.11. The van der Waals surface area contributed by atoms with E-state index in [0.29, 0.717) is 6.42 Å². The molecule has 3 atom stereocenters. The highest BCUT2D eigenvalue weighted by Gasteiger charge is 2.43. The van der Waals surface area contributed by atoms with Crippen LogP contribution in [0, 0.1) is 0 Å². The molecule has 0 amide bonds. The molecule has 1 unspecified atom stereocenters. The van der Waals surface area contributed by atoms with Crippen LogP contribution in [0.15, 0.2) is 11.5 Å². The molecule has 0 saturated carbocycles. The Morgan fingerprint density at radius 2 is 1.44 bits per heavy atom. The SMILES string of the molecule is CCCCCCCCCCCCCCC(CO)OC1=C(OCC(C)(C)O)[C@@H]([C@@H](O)CO)OC1=O. The zero-order chi connectivity index (χ0) is 25.4. The fourth-order valence-electron chi connectivity index (χ4n) is 3.88. The Morgan fingerprint density at radius 1 is 0.912 bits per heavy atom. The summed E-state index contributed by atoms with van der Waals surface area (Å²) in [5.41, 5.74) is -1.19. The van der Waals surface area contributed by atoms with Gasteiger partial charge in [-0.2, -0.15) is 0 Å². The Labute approximate surface area is 205 Å². The van der Waals surface area contributed by atoms with Crippen molar-refractivity contribution in [3.05, 3.63) is 11.5 Å². The topological polar surface area (TPSA) is 126 Å². The Bertz CT molecular complexity index is 584. The number of unbranched alkanes of at least 4 members (excludes halogenated alkanes) is 11. The van der Waals surface area contributed by atoms with Crippen molar-refractivity contribution in [1.29, 1.82) is 0 Å². The molecule has 8 heteroatoms. The van der Waals surface area contributed by atoms with Crippen molar-refractivity contribution < 1.29 is 39.4 Å². The smallest absolute Gasteiger partial charge is 0.378 e. The molecule has 1 aliphatic rings. The summed E-state index contributed by atoms with van der Waals surface area (Å²) < 4.78 is 16.4. The van der Waals surface area contributed by atoms with E-state index in [0.717, 1.165) is 19.3 Å². The summed E-state index contributed by atoms with van der Waals surface area (Å²) in [6.45, 7) is 4.23. The normalized spacial score (nSPS) is 18.2.